The van der Waals surface area contributed by atoms with Gasteiger partial charge in [-0.3, -0.25) is 4.79 Å². The van der Waals surface area contributed by atoms with Gasteiger partial charge in [-0.25, -0.2) is 9.78 Å². The van der Waals surface area contributed by atoms with Gasteiger partial charge in [-0.1, -0.05) is 6.07 Å². The van der Waals surface area contributed by atoms with Crippen LogP contribution in [0.3, 0.4) is 0 Å². The number of primary amides is 1. The summed E-state index contributed by atoms with van der Waals surface area (Å²) in [6.45, 7) is 1.58. The molecule has 1 saturated heterocycles. The Morgan fingerprint density at radius 1 is 1.19 bits per heavy atom. The molecular weight excluding hydrogens is 334 g/mol. The molecule has 9 heteroatoms. The molecule has 0 spiro atoms. The molecule has 1 aliphatic rings. The van der Waals surface area contributed by atoms with Gasteiger partial charge in [0.1, 0.15) is 5.82 Å². The molecular formula is C17H21N7O2. The molecule has 1 fully saturated rings. The molecule has 1 aromatic carbocycles. The molecule has 0 atom stereocenters. The smallest absolute Gasteiger partial charge is 0.321 e. The molecule has 0 aliphatic carbocycles. The van der Waals surface area contributed by atoms with Gasteiger partial charge >= 0.3 is 6.03 Å². The summed E-state index contributed by atoms with van der Waals surface area (Å²) in [5, 5.41) is 8.76. The second-order valence-corrected chi connectivity index (χ2v) is 5.90. The first-order valence-corrected chi connectivity index (χ1v) is 8.34. The van der Waals surface area contributed by atoms with Crippen molar-refractivity contribution in [1.29, 1.82) is 0 Å². The van der Waals surface area contributed by atoms with E-state index in [4.69, 9.17) is 5.73 Å². The van der Waals surface area contributed by atoms with Crippen LogP contribution in [0.1, 0.15) is 23.2 Å². The van der Waals surface area contributed by atoms with Gasteiger partial charge in [0, 0.05) is 37.7 Å². The van der Waals surface area contributed by atoms with E-state index in [0.717, 1.165) is 25.9 Å². The van der Waals surface area contributed by atoms with Gasteiger partial charge in [-0.2, -0.15) is 4.98 Å². The van der Waals surface area contributed by atoms with Gasteiger partial charge in [0.2, 0.25) is 5.95 Å². The third-order valence-electron chi connectivity index (χ3n) is 4.05. The molecule has 3 rings (SSSR count). The molecule has 9 nitrogen and oxygen atoms in total. The van der Waals surface area contributed by atoms with Crippen LogP contribution in [0.2, 0.25) is 0 Å². The highest BCUT2D eigenvalue weighted by Gasteiger charge is 2.17. The maximum atomic E-state index is 12.2. The Balaban J connectivity index is 1.72. The molecule has 3 amide bonds. The van der Waals surface area contributed by atoms with Crippen LogP contribution >= 0.6 is 0 Å². The van der Waals surface area contributed by atoms with Gasteiger partial charge in [0.25, 0.3) is 5.91 Å². The van der Waals surface area contributed by atoms with Crippen molar-refractivity contribution < 1.29 is 9.59 Å². The van der Waals surface area contributed by atoms with E-state index in [9.17, 15) is 9.59 Å². The normalized spacial score (nSPS) is 13.3. The van der Waals surface area contributed by atoms with Crippen LogP contribution in [0, 0.1) is 0 Å². The van der Waals surface area contributed by atoms with Crippen LogP contribution in [0.4, 0.5) is 27.9 Å². The minimum Gasteiger partial charge on any atom is -0.372 e. The molecule has 2 heterocycles. The maximum absolute atomic E-state index is 12.2. The number of amides is 3. The average molecular weight is 355 g/mol. The SMILES string of the molecule is CNc1nc(Nc2cccc(NC(=O)N3CCCC3)c2)ncc1C(N)=O. The quantitative estimate of drug-likeness (QED) is 0.650. The number of carbonyl (C=O) groups excluding carboxylic acids is 2. The number of aromatic nitrogens is 2. The molecule has 26 heavy (non-hydrogen) atoms. The number of nitrogens with one attached hydrogen (secondary N) is 3. The Morgan fingerprint density at radius 2 is 1.92 bits per heavy atom. The van der Waals surface area contributed by atoms with Crippen molar-refractivity contribution in [1.82, 2.24) is 14.9 Å². The predicted octanol–water partition coefficient (Wildman–Crippen LogP) is 1.99. The number of hydrogen-bond acceptors (Lipinski definition) is 6. The summed E-state index contributed by atoms with van der Waals surface area (Å²) in [6.07, 6.45) is 3.45. The highest BCUT2D eigenvalue weighted by molar-refractivity contribution is 5.97. The molecule has 0 unspecified atom stereocenters. The lowest BCUT2D eigenvalue weighted by molar-refractivity contribution is 0.100. The number of nitrogens with zero attached hydrogens (tertiary/aromatic N) is 3. The van der Waals surface area contributed by atoms with Crippen molar-refractivity contribution in [2.24, 2.45) is 5.73 Å². The van der Waals surface area contributed by atoms with E-state index in [-0.39, 0.29) is 11.6 Å². The zero-order valence-electron chi connectivity index (χ0n) is 14.5. The standard InChI is InChI=1S/C17H21N7O2/c1-19-15-13(14(18)25)10-20-16(23-15)21-11-5-4-6-12(9-11)22-17(26)24-7-2-3-8-24/h4-6,9-10H,2-3,7-8H2,1H3,(H2,18,25)(H,22,26)(H2,19,20,21,23). The number of hydrogen-bond donors (Lipinski definition) is 4. The third-order valence-corrected chi connectivity index (χ3v) is 4.05. The van der Waals surface area contributed by atoms with Crippen LogP contribution < -0.4 is 21.7 Å². The van der Waals surface area contributed by atoms with Crippen molar-refractivity contribution in [3.05, 3.63) is 36.0 Å². The summed E-state index contributed by atoms with van der Waals surface area (Å²) in [5.41, 5.74) is 6.88. The zero-order valence-corrected chi connectivity index (χ0v) is 14.5. The summed E-state index contributed by atoms with van der Waals surface area (Å²) in [4.78, 5) is 33.7. The second kappa shape index (κ2) is 7.68. The monoisotopic (exact) mass is 355 g/mol. The Bertz CT molecular complexity index is 819. The fourth-order valence-corrected chi connectivity index (χ4v) is 2.74. The number of rotatable bonds is 5. The molecule has 2 aromatic rings. The molecule has 0 bridgehead atoms. The maximum Gasteiger partial charge on any atom is 0.321 e. The molecule has 1 aromatic heterocycles. The topological polar surface area (TPSA) is 125 Å². The summed E-state index contributed by atoms with van der Waals surface area (Å²) in [6, 6.07) is 7.15. The minimum atomic E-state index is -0.604. The lowest BCUT2D eigenvalue weighted by atomic mass is 10.2. The lowest BCUT2D eigenvalue weighted by Gasteiger charge is -2.16. The Kier molecular flexibility index (Phi) is 5.16. The van der Waals surface area contributed by atoms with Crippen LogP contribution in [0.15, 0.2) is 30.5 Å². The zero-order chi connectivity index (χ0) is 18.5. The molecule has 0 radical (unpaired) electrons. The fourth-order valence-electron chi connectivity index (χ4n) is 2.74. The summed E-state index contributed by atoms with van der Waals surface area (Å²) < 4.78 is 0. The number of carbonyl (C=O) groups is 2. The number of likely N-dealkylation sites (tertiary alicyclic amines) is 1. The predicted molar refractivity (Wildman–Crippen MR) is 99.6 cm³/mol. The first kappa shape index (κ1) is 17.5. The van der Waals surface area contributed by atoms with E-state index in [1.165, 1.54) is 6.20 Å². The number of urea groups is 1. The highest BCUT2D eigenvalue weighted by Crippen LogP contribution is 2.21. The fraction of sp³-hybridized carbons (Fsp3) is 0.294. The first-order chi connectivity index (χ1) is 12.6. The van der Waals surface area contributed by atoms with Crippen LogP contribution in [-0.4, -0.2) is 46.9 Å². The van der Waals surface area contributed by atoms with E-state index >= 15 is 0 Å². The van der Waals surface area contributed by atoms with Gasteiger partial charge in [-0.05, 0) is 31.0 Å². The Hall–Kier alpha value is -3.36. The van der Waals surface area contributed by atoms with Crippen molar-refractivity contribution in [3.8, 4) is 0 Å². The van der Waals surface area contributed by atoms with E-state index in [1.807, 2.05) is 18.2 Å². The highest BCUT2D eigenvalue weighted by atomic mass is 16.2. The van der Waals surface area contributed by atoms with Gasteiger partial charge in [-0.15, -0.1) is 0 Å². The van der Waals surface area contributed by atoms with E-state index in [2.05, 4.69) is 25.9 Å². The summed E-state index contributed by atoms with van der Waals surface area (Å²) >= 11 is 0. The van der Waals surface area contributed by atoms with Crippen LogP contribution in [-0.2, 0) is 0 Å². The van der Waals surface area contributed by atoms with Gasteiger partial charge < -0.3 is 26.6 Å². The van der Waals surface area contributed by atoms with Gasteiger partial charge in [0.15, 0.2) is 0 Å². The molecule has 0 saturated carbocycles. The second-order valence-electron chi connectivity index (χ2n) is 5.90. The Labute approximate surface area is 151 Å². The van der Waals surface area contributed by atoms with Crippen LogP contribution in [0.5, 0.6) is 0 Å². The van der Waals surface area contributed by atoms with E-state index in [0.29, 0.717) is 23.1 Å². The van der Waals surface area contributed by atoms with Crippen molar-refractivity contribution in [2.45, 2.75) is 12.8 Å². The number of benzene rings is 1. The first-order valence-electron chi connectivity index (χ1n) is 8.34. The van der Waals surface area contributed by atoms with Gasteiger partial charge in [0.05, 0.1) is 5.56 Å². The average Bonchev–Trinajstić information content (AvgIpc) is 3.16. The van der Waals surface area contributed by atoms with E-state index < -0.39 is 5.91 Å². The molecule has 1 aliphatic heterocycles. The van der Waals surface area contributed by atoms with E-state index in [1.54, 1.807) is 18.0 Å². The molecule has 5 N–H and O–H groups in total. The van der Waals surface area contributed by atoms with Crippen molar-refractivity contribution >= 4 is 35.1 Å². The van der Waals surface area contributed by atoms with Crippen molar-refractivity contribution in [2.75, 3.05) is 36.1 Å². The lowest BCUT2D eigenvalue weighted by Crippen LogP contribution is -2.32. The summed E-state index contributed by atoms with van der Waals surface area (Å²) in [7, 11) is 1.65. The number of anilines is 4. The van der Waals surface area contributed by atoms with Crippen molar-refractivity contribution in [3.63, 3.8) is 0 Å². The number of nitrogens with two attached hydrogens (primary N) is 1. The molecule has 136 valence electrons. The largest absolute Gasteiger partial charge is 0.372 e. The van der Waals surface area contributed by atoms with Crippen LogP contribution in [0.25, 0.3) is 0 Å². The third kappa shape index (κ3) is 4.00. The minimum absolute atomic E-state index is 0.0980. The Morgan fingerprint density at radius 3 is 2.62 bits per heavy atom. The summed E-state index contributed by atoms with van der Waals surface area (Å²) in [5.74, 6) is 0.0448.